The van der Waals surface area contributed by atoms with Gasteiger partial charge in [-0.1, -0.05) is 33.3 Å². The molecular formula is C25H36O5. The quantitative estimate of drug-likeness (QED) is 0.496. The van der Waals surface area contributed by atoms with Crippen molar-refractivity contribution in [3.05, 3.63) is 11.6 Å². The van der Waals surface area contributed by atoms with Crippen LogP contribution in [0.4, 0.5) is 0 Å². The van der Waals surface area contributed by atoms with E-state index in [-0.39, 0.29) is 52.7 Å². The van der Waals surface area contributed by atoms with Gasteiger partial charge in [0.05, 0.1) is 5.92 Å². The number of ether oxygens (including phenoxy) is 2. The van der Waals surface area contributed by atoms with Crippen molar-refractivity contribution in [2.45, 2.75) is 91.8 Å². The molecule has 4 unspecified atom stereocenters. The first-order chi connectivity index (χ1) is 14.1. The van der Waals surface area contributed by atoms with E-state index in [0.29, 0.717) is 18.1 Å². The molecule has 0 heterocycles. The maximum atomic E-state index is 12.8. The second-order valence-electron chi connectivity index (χ2n) is 10.8. The lowest BCUT2D eigenvalue weighted by atomic mass is 9.47. The van der Waals surface area contributed by atoms with Gasteiger partial charge in [0, 0.05) is 31.1 Å². The van der Waals surface area contributed by atoms with Crippen molar-refractivity contribution in [1.29, 1.82) is 0 Å². The highest BCUT2D eigenvalue weighted by atomic mass is 16.5. The fraction of sp³-hybridized carbons (Fsp3) is 0.800. The molecule has 0 spiro atoms. The summed E-state index contributed by atoms with van der Waals surface area (Å²) in [6, 6.07) is 0. The SMILES string of the molecule is CC(=O)O[C@H]1CC[C@@]2(C)C(=CC(OC(=O)C(C)C)C3C2CC[C@]2(C)C(=O)CCC32)C1. The Balaban J connectivity index is 1.72. The van der Waals surface area contributed by atoms with Crippen LogP contribution in [0.5, 0.6) is 0 Å². The van der Waals surface area contributed by atoms with Crippen molar-refractivity contribution >= 4 is 17.7 Å². The lowest BCUT2D eigenvalue weighted by molar-refractivity contribution is -0.164. The number of ketones is 1. The number of carbonyl (C=O) groups excluding carboxylic acids is 3. The Hall–Kier alpha value is -1.65. The zero-order valence-electron chi connectivity index (χ0n) is 19.0. The molecule has 5 heteroatoms. The van der Waals surface area contributed by atoms with Crippen molar-refractivity contribution in [3.8, 4) is 0 Å². The highest BCUT2D eigenvalue weighted by Crippen LogP contribution is 2.64. The summed E-state index contributed by atoms with van der Waals surface area (Å²) in [4.78, 5) is 36.9. The summed E-state index contributed by atoms with van der Waals surface area (Å²) in [5.41, 5.74) is 1.02. The molecule has 7 atom stereocenters. The van der Waals surface area contributed by atoms with E-state index in [1.165, 1.54) is 12.5 Å². The average molecular weight is 417 g/mol. The van der Waals surface area contributed by atoms with Gasteiger partial charge in [-0.15, -0.1) is 0 Å². The third-order valence-electron chi connectivity index (χ3n) is 8.83. The van der Waals surface area contributed by atoms with Gasteiger partial charge in [0.1, 0.15) is 18.0 Å². The molecule has 0 aliphatic heterocycles. The van der Waals surface area contributed by atoms with Crippen LogP contribution in [0.3, 0.4) is 0 Å². The van der Waals surface area contributed by atoms with Crippen LogP contribution in [0.15, 0.2) is 11.6 Å². The van der Waals surface area contributed by atoms with E-state index in [1.807, 2.05) is 13.8 Å². The molecule has 0 saturated heterocycles. The smallest absolute Gasteiger partial charge is 0.308 e. The summed E-state index contributed by atoms with van der Waals surface area (Å²) in [7, 11) is 0. The second-order valence-corrected chi connectivity index (χ2v) is 10.8. The van der Waals surface area contributed by atoms with E-state index in [2.05, 4.69) is 19.9 Å². The summed E-state index contributed by atoms with van der Waals surface area (Å²) in [5, 5.41) is 0. The Morgan fingerprint density at radius 2 is 1.70 bits per heavy atom. The van der Waals surface area contributed by atoms with Gasteiger partial charge in [-0.2, -0.15) is 0 Å². The van der Waals surface area contributed by atoms with Gasteiger partial charge in [0.2, 0.25) is 0 Å². The molecule has 0 radical (unpaired) electrons. The molecule has 4 rings (SSSR count). The second kappa shape index (κ2) is 7.49. The standard InChI is InChI=1S/C25H36O5/c1-14(2)23(28)30-20-13-16-12-17(29-15(3)26)8-10-24(16,4)19-9-11-25(5)18(22(19)20)6-7-21(25)27/h13-14,17-20,22H,6-12H2,1-5H3/t17-,18?,19?,20?,22?,24-,25-/m0/s1. The maximum Gasteiger partial charge on any atom is 0.308 e. The minimum absolute atomic E-state index is 0.0228. The summed E-state index contributed by atoms with van der Waals surface area (Å²) in [5.74, 6) is 0.645. The molecule has 0 aromatic rings. The monoisotopic (exact) mass is 416 g/mol. The van der Waals surface area contributed by atoms with Crippen molar-refractivity contribution in [2.24, 2.45) is 34.5 Å². The van der Waals surface area contributed by atoms with Crippen LogP contribution < -0.4 is 0 Å². The first-order valence-corrected chi connectivity index (χ1v) is 11.7. The Morgan fingerprint density at radius 1 is 1.03 bits per heavy atom. The van der Waals surface area contributed by atoms with Crippen LogP contribution in [0, 0.1) is 34.5 Å². The summed E-state index contributed by atoms with van der Waals surface area (Å²) < 4.78 is 11.6. The average Bonchev–Trinajstić information content (AvgIpc) is 2.97. The molecule has 0 aromatic carbocycles. The van der Waals surface area contributed by atoms with Crippen molar-refractivity contribution in [3.63, 3.8) is 0 Å². The third-order valence-corrected chi connectivity index (χ3v) is 8.83. The summed E-state index contributed by atoms with van der Waals surface area (Å²) in [6.45, 7) is 9.68. The highest BCUT2D eigenvalue weighted by molar-refractivity contribution is 5.87. The minimum atomic E-state index is -0.292. The Labute approximate surface area is 179 Å². The van der Waals surface area contributed by atoms with Gasteiger partial charge < -0.3 is 9.47 Å². The highest BCUT2D eigenvalue weighted by Gasteiger charge is 2.61. The topological polar surface area (TPSA) is 69.7 Å². The molecule has 0 amide bonds. The lowest BCUT2D eigenvalue weighted by Gasteiger charge is -2.58. The van der Waals surface area contributed by atoms with Crippen molar-refractivity contribution < 1.29 is 23.9 Å². The van der Waals surface area contributed by atoms with Crippen LogP contribution in [0.25, 0.3) is 0 Å². The van der Waals surface area contributed by atoms with Gasteiger partial charge in [-0.3, -0.25) is 14.4 Å². The number of hydrogen-bond acceptors (Lipinski definition) is 5. The fourth-order valence-electron chi connectivity index (χ4n) is 7.08. The summed E-state index contributed by atoms with van der Waals surface area (Å²) in [6.07, 6.45) is 7.82. The third kappa shape index (κ3) is 3.33. The molecule has 0 aromatic heterocycles. The van der Waals surface area contributed by atoms with Gasteiger partial charge in [0.25, 0.3) is 0 Å². The van der Waals surface area contributed by atoms with E-state index >= 15 is 0 Å². The molecular weight excluding hydrogens is 380 g/mol. The molecule has 4 aliphatic carbocycles. The van der Waals surface area contributed by atoms with E-state index in [4.69, 9.17) is 9.47 Å². The zero-order chi connectivity index (χ0) is 21.8. The Kier molecular flexibility index (Phi) is 5.39. The predicted molar refractivity (Wildman–Crippen MR) is 112 cm³/mol. The first kappa shape index (κ1) is 21.6. The molecule has 0 bridgehead atoms. The molecule has 3 saturated carbocycles. The van der Waals surface area contributed by atoms with Crippen molar-refractivity contribution in [1.82, 2.24) is 0 Å². The number of esters is 2. The van der Waals surface area contributed by atoms with Crippen LogP contribution in [0.1, 0.15) is 79.6 Å². The maximum absolute atomic E-state index is 12.8. The molecule has 4 aliphatic rings. The van der Waals surface area contributed by atoms with E-state index in [9.17, 15) is 14.4 Å². The molecule has 0 N–H and O–H groups in total. The summed E-state index contributed by atoms with van der Waals surface area (Å²) >= 11 is 0. The van der Waals surface area contributed by atoms with Gasteiger partial charge in [-0.25, -0.2) is 0 Å². The normalized spacial score (nSPS) is 42.7. The number of rotatable bonds is 3. The van der Waals surface area contributed by atoms with Crippen LogP contribution in [-0.4, -0.2) is 29.9 Å². The van der Waals surface area contributed by atoms with Crippen LogP contribution in [-0.2, 0) is 23.9 Å². The van der Waals surface area contributed by atoms with Crippen LogP contribution in [0.2, 0.25) is 0 Å². The number of Topliss-reactive ketones (excluding diaryl/α,β-unsaturated/α-hetero) is 1. The van der Waals surface area contributed by atoms with Crippen molar-refractivity contribution in [2.75, 3.05) is 0 Å². The molecule has 5 nitrogen and oxygen atoms in total. The van der Waals surface area contributed by atoms with Gasteiger partial charge in [0.15, 0.2) is 0 Å². The van der Waals surface area contributed by atoms with E-state index in [1.54, 1.807) is 0 Å². The van der Waals surface area contributed by atoms with E-state index in [0.717, 1.165) is 38.5 Å². The van der Waals surface area contributed by atoms with Crippen LogP contribution >= 0.6 is 0 Å². The first-order valence-electron chi connectivity index (χ1n) is 11.7. The number of hydrogen-bond donors (Lipinski definition) is 0. The minimum Gasteiger partial charge on any atom is -0.462 e. The van der Waals surface area contributed by atoms with Gasteiger partial charge >= 0.3 is 11.9 Å². The Morgan fingerprint density at radius 3 is 2.37 bits per heavy atom. The lowest BCUT2D eigenvalue weighted by Crippen LogP contribution is -2.55. The number of carbonyl (C=O) groups is 3. The molecule has 30 heavy (non-hydrogen) atoms. The Bertz CT molecular complexity index is 782. The molecule has 3 fully saturated rings. The van der Waals surface area contributed by atoms with Gasteiger partial charge in [-0.05, 0) is 55.4 Å². The predicted octanol–water partition coefficient (Wildman–Crippen LogP) is 4.63. The largest absolute Gasteiger partial charge is 0.462 e. The zero-order valence-corrected chi connectivity index (χ0v) is 19.0. The molecule has 166 valence electrons. The van der Waals surface area contributed by atoms with E-state index < -0.39 is 0 Å². The fourth-order valence-corrected chi connectivity index (χ4v) is 7.08. The number of fused-ring (bicyclic) bond motifs is 5.